The van der Waals surface area contributed by atoms with Gasteiger partial charge in [-0.1, -0.05) is 5.21 Å². The molecule has 6 nitrogen and oxygen atoms in total. The first kappa shape index (κ1) is 13.4. The Morgan fingerprint density at radius 3 is 2.63 bits per heavy atom. The first-order valence-electron chi connectivity index (χ1n) is 6.12. The van der Waals surface area contributed by atoms with Gasteiger partial charge in [-0.25, -0.2) is 0 Å². The summed E-state index contributed by atoms with van der Waals surface area (Å²) in [4.78, 5) is 0. The van der Waals surface area contributed by atoms with Gasteiger partial charge in [0.2, 0.25) is 0 Å². The molecule has 0 spiro atoms. The minimum Gasteiger partial charge on any atom is -0.497 e. The fraction of sp³-hybridized carbons (Fsp3) is 0.385. The molecule has 0 atom stereocenters. The topological polar surface area (TPSA) is 61.2 Å². The summed E-state index contributed by atoms with van der Waals surface area (Å²) in [5, 5.41) is 11.1. The van der Waals surface area contributed by atoms with Gasteiger partial charge in [0.25, 0.3) is 0 Å². The number of methoxy groups -OCH3 is 1. The lowest BCUT2D eigenvalue weighted by molar-refractivity contribution is 0.300. The monoisotopic (exact) mass is 262 g/mol. The summed E-state index contributed by atoms with van der Waals surface area (Å²) in [6.07, 6.45) is 1.89. The Hall–Kier alpha value is -2.08. The predicted octanol–water partition coefficient (Wildman–Crippen LogP) is 1.09. The summed E-state index contributed by atoms with van der Waals surface area (Å²) in [7, 11) is 3.55. The number of rotatable bonds is 7. The van der Waals surface area contributed by atoms with Gasteiger partial charge in [0, 0.05) is 6.54 Å². The zero-order valence-electron chi connectivity index (χ0n) is 11.2. The van der Waals surface area contributed by atoms with Crippen molar-refractivity contribution in [1.29, 1.82) is 0 Å². The second-order valence-electron chi connectivity index (χ2n) is 4.04. The molecular formula is C13H18N4O2. The van der Waals surface area contributed by atoms with Crippen molar-refractivity contribution in [3.8, 4) is 11.5 Å². The van der Waals surface area contributed by atoms with Gasteiger partial charge in [-0.2, -0.15) is 0 Å². The maximum absolute atomic E-state index is 5.62. The molecule has 0 unspecified atom stereocenters. The molecule has 0 radical (unpaired) electrons. The molecule has 0 saturated heterocycles. The lowest BCUT2D eigenvalue weighted by atomic mass is 10.3. The smallest absolute Gasteiger partial charge is 0.134 e. The van der Waals surface area contributed by atoms with E-state index in [-0.39, 0.29) is 0 Å². The number of hydrogen-bond donors (Lipinski definition) is 1. The standard InChI is InChI=1S/C13H18N4O2/c1-14-7-8-17-9-11(15-16-17)10-19-13-5-3-12(18-2)4-6-13/h3-6,9,14H,7-8,10H2,1-2H3. The highest BCUT2D eigenvalue weighted by Gasteiger charge is 2.02. The number of nitrogens with one attached hydrogen (secondary N) is 1. The van der Waals surface area contributed by atoms with Gasteiger partial charge < -0.3 is 14.8 Å². The van der Waals surface area contributed by atoms with Gasteiger partial charge in [0.1, 0.15) is 23.8 Å². The molecule has 0 aliphatic rings. The first-order chi connectivity index (χ1) is 9.31. The van der Waals surface area contributed by atoms with Gasteiger partial charge in [0.05, 0.1) is 19.9 Å². The molecule has 1 aromatic carbocycles. The SMILES string of the molecule is CNCCn1cc(COc2ccc(OC)cc2)nn1. The highest BCUT2D eigenvalue weighted by atomic mass is 16.5. The van der Waals surface area contributed by atoms with Crippen molar-refractivity contribution in [1.82, 2.24) is 20.3 Å². The van der Waals surface area contributed by atoms with E-state index in [0.29, 0.717) is 6.61 Å². The maximum Gasteiger partial charge on any atom is 0.134 e. The predicted molar refractivity (Wildman–Crippen MR) is 71.3 cm³/mol. The van der Waals surface area contributed by atoms with Crippen LogP contribution in [0.3, 0.4) is 0 Å². The van der Waals surface area contributed by atoms with Crippen LogP contribution in [-0.4, -0.2) is 35.7 Å². The Morgan fingerprint density at radius 2 is 1.95 bits per heavy atom. The second kappa shape index (κ2) is 6.75. The molecule has 0 saturated carbocycles. The van der Waals surface area contributed by atoms with Crippen molar-refractivity contribution in [2.24, 2.45) is 0 Å². The largest absolute Gasteiger partial charge is 0.497 e. The first-order valence-corrected chi connectivity index (χ1v) is 6.12. The number of nitrogens with zero attached hydrogens (tertiary/aromatic N) is 3. The summed E-state index contributed by atoms with van der Waals surface area (Å²) in [5.74, 6) is 1.59. The van der Waals surface area contributed by atoms with Crippen LogP contribution in [0.2, 0.25) is 0 Å². The van der Waals surface area contributed by atoms with E-state index in [1.54, 1.807) is 11.8 Å². The second-order valence-corrected chi connectivity index (χ2v) is 4.04. The van der Waals surface area contributed by atoms with E-state index in [1.165, 1.54) is 0 Å². The van der Waals surface area contributed by atoms with E-state index in [4.69, 9.17) is 9.47 Å². The average molecular weight is 262 g/mol. The van der Waals surface area contributed by atoms with E-state index < -0.39 is 0 Å². The highest BCUT2D eigenvalue weighted by Crippen LogP contribution is 2.17. The summed E-state index contributed by atoms with van der Waals surface area (Å²) in [6.45, 7) is 2.07. The van der Waals surface area contributed by atoms with Gasteiger partial charge in [-0.05, 0) is 31.3 Å². The summed E-state index contributed by atoms with van der Waals surface area (Å²) in [6, 6.07) is 7.45. The van der Waals surface area contributed by atoms with Gasteiger partial charge >= 0.3 is 0 Å². The van der Waals surface area contributed by atoms with Gasteiger partial charge in [-0.15, -0.1) is 5.10 Å². The van der Waals surface area contributed by atoms with Crippen molar-refractivity contribution in [2.45, 2.75) is 13.2 Å². The Bertz CT molecular complexity index is 496. The van der Waals surface area contributed by atoms with Crippen molar-refractivity contribution >= 4 is 0 Å². The van der Waals surface area contributed by atoms with Crippen LogP contribution in [0.25, 0.3) is 0 Å². The van der Waals surface area contributed by atoms with Crippen LogP contribution >= 0.6 is 0 Å². The van der Waals surface area contributed by atoms with E-state index >= 15 is 0 Å². The van der Waals surface area contributed by atoms with E-state index in [0.717, 1.165) is 30.3 Å². The third-order valence-corrected chi connectivity index (χ3v) is 2.62. The zero-order valence-corrected chi connectivity index (χ0v) is 11.2. The molecular weight excluding hydrogens is 244 g/mol. The molecule has 2 aromatic rings. The molecule has 102 valence electrons. The maximum atomic E-state index is 5.62. The van der Waals surface area contributed by atoms with E-state index in [2.05, 4.69) is 15.6 Å². The minimum atomic E-state index is 0.409. The number of hydrogen-bond acceptors (Lipinski definition) is 5. The van der Waals surface area contributed by atoms with Gasteiger partial charge in [0.15, 0.2) is 0 Å². The quantitative estimate of drug-likeness (QED) is 0.809. The molecule has 1 heterocycles. The molecule has 2 rings (SSSR count). The van der Waals surface area contributed by atoms with Crippen molar-refractivity contribution in [2.75, 3.05) is 20.7 Å². The molecule has 0 aliphatic heterocycles. The van der Waals surface area contributed by atoms with Crippen LogP contribution in [0.1, 0.15) is 5.69 Å². The van der Waals surface area contributed by atoms with Crippen LogP contribution in [0, 0.1) is 0 Å². The third kappa shape index (κ3) is 3.96. The Balaban J connectivity index is 1.85. The summed E-state index contributed by atoms with van der Waals surface area (Å²) < 4.78 is 12.5. The van der Waals surface area contributed by atoms with Crippen LogP contribution in [0.15, 0.2) is 30.5 Å². The fourth-order valence-corrected chi connectivity index (χ4v) is 1.57. The lowest BCUT2D eigenvalue weighted by Gasteiger charge is -2.04. The molecule has 19 heavy (non-hydrogen) atoms. The normalized spacial score (nSPS) is 10.4. The molecule has 1 N–H and O–H groups in total. The van der Waals surface area contributed by atoms with Crippen molar-refractivity contribution in [3.63, 3.8) is 0 Å². The summed E-state index contributed by atoms with van der Waals surface area (Å²) in [5.41, 5.74) is 0.812. The molecule has 0 aliphatic carbocycles. The van der Waals surface area contributed by atoms with E-state index in [1.807, 2.05) is 37.5 Å². The number of likely N-dealkylation sites (N-methyl/N-ethyl adjacent to an activating group) is 1. The highest BCUT2D eigenvalue weighted by molar-refractivity contribution is 5.31. The van der Waals surface area contributed by atoms with Crippen LogP contribution in [0.4, 0.5) is 0 Å². The zero-order chi connectivity index (χ0) is 13.5. The number of ether oxygens (including phenoxy) is 2. The summed E-state index contributed by atoms with van der Waals surface area (Å²) >= 11 is 0. The average Bonchev–Trinajstić information content (AvgIpc) is 2.91. The number of benzene rings is 1. The molecule has 0 fully saturated rings. The lowest BCUT2D eigenvalue weighted by Crippen LogP contribution is -2.15. The Morgan fingerprint density at radius 1 is 1.21 bits per heavy atom. The minimum absolute atomic E-state index is 0.409. The Kier molecular flexibility index (Phi) is 4.74. The van der Waals surface area contributed by atoms with Crippen molar-refractivity contribution < 1.29 is 9.47 Å². The molecule has 0 bridgehead atoms. The van der Waals surface area contributed by atoms with Crippen LogP contribution in [0.5, 0.6) is 11.5 Å². The number of aromatic nitrogens is 3. The van der Waals surface area contributed by atoms with E-state index in [9.17, 15) is 0 Å². The molecule has 1 aromatic heterocycles. The van der Waals surface area contributed by atoms with Crippen LogP contribution in [-0.2, 0) is 13.2 Å². The van der Waals surface area contributed by atoms with Crippen LogP contribution < -0.4 is 14.8 Å². The Labute approximate surface area is 112 Å². The third-order valence-electron chi connectivity index (χ3n) is 2.62. The molecule has 0 amide bonds. The van der Waals surface area contributed by atoms with Gasteiger partial charge in [-0.3, -0.25) is 4.68 Å². The molecule has 6 heteroatoms. The van der Waals surface area contributed by atoms with Crippen molar-refractivity contribution in [3.05, 3.63) is 36.2 Å². The fourth-order valence-electron chi connectivity index (χ4n) is 1.57.